The lowest BCUT2D eigenvalue weighted by Crippen LogP contribution is -2.20. The molecule has 0 N–H and O–H groups in total. The Morgan fingerprint density at radius 1 is 1.32 bits per heavy atom. The molecule has 0 saturated carbocycles. The van der Waals surface area contributed by atoms with Crippen molar-refractivity contribution in [1.29, 1.82) is 0 Å². The van der Waals surface area contributed by atoms with E-state index >= 15 is 0 Å². The summed E-state index contributed by atoms with van der Waals surface area (Å²) in [4.78, 5) is 4.41. The fraction of sp³-hybridized carbons (Fsp3) is 0.429. The molecule has 1 aliphatic heterocycles. The first kappa shape index (κ1) is 13.1. The fourth-order valence-corrected chi connectivity index (χ4v) is 2.88. The SMILES string of the molecule is Ic1cccc(-c2ncn(CC3CCOCC3)n2)c1. The Hall–Kier alpha value is -0.950. The molecule has 0 unspecified atom stereocenters. The van der Waals surface area contributed by atoms with Crippen LogP contribution in [0, 0.1) is 9.49 Å². The zero-order chi connectivity index (χ0) is 13.1. The Balaban J connectivity index is 1.72. The van der Waals surface area contributed by atoms with Gasteiger partial charge in [-0.3, -0.25) is 4.68 Å². The van der Waals surface area contributed by atoms with Crippen LogP contribution in [0.4, 0.5) is 0 Å². The molecule has 2 aromatic rings. The highest BCUT2D eigenvalue weighted by Gasteiger charge is 2.15. The molecule has 1 fully saturated rings. The summed E-state index contributed by atoms with van der Waals surface area (Å²) in [5.41, 5.74) is 1.08. The smallest absolute Gasteiger partial charge is 0.181 e. The minimum atomic E-state index is 0.666. The minimum absolute atomic E-state index is 0.666. The first-order chi connectivity index (χ1) is 9.31. The number of hydrogen-bond acceptors (Lipinski definition) is 3. The second-order valence-electron chi connectivity index (χ2n) is 4.86. The van der Waals surface area contributed by atoms with E-state index in [9.17, 15) is 0 Å². The summed E-state index contributed by atoms with van der Waals surface area (Å²) in [6.07, 6.45) is 4.08. The van der Waals surface area contributed by atoms with Gasteiger partial charge in [-0.05, 0) is 53.5 Å². The Bertz CT molecular complexity index is 549. The molecule has 0 atom stereocenters. The van der Waals surface area contributed by atoms with Crippen molar-refractivity contribution in [2.45, 2.75) is 19.4 Å². The van der Waals surface area contributed by atoms with Crippen LogP contribution in [-0.4, -0.2) is 28.0 Å². The van der Waals surface area contributed by atoms with Gasteiger partial charge >= 0.3 is 0 Å². The predicted octanol–water partition coefficient (Wildman–Crippen LogP) is 2.98. The third-order valence-electron chi connectivity index (χ3n) is 3.41. The van der Waals surface area contributed by atoms with Crippen molar-refractivity contribution in [2.24, 2.45) is 5.92 Å². The van der Waals surface area contributed by atoms with E-state index in [0.717, 1.165) is 44.0 Å². The Morgan fingerprint density at radius 2 is 2.16 bits per heavy atom. The van der Waals surface area contributed by atoms with Crippen molar-refractivity contribution >= 4 is 22.6 Å². The summed E-state index contributed by atoms with van der Waals surface area (Å²) >= 11 is 2.31. The summed E-state index contributed by atoms with van der Waals surface area (Å²) in [5.74, 6) is 1.48. The van der Waals surface area contributed by atoms with Gasteiger partial charge in [0.1, 0.15) is 6.33 Å². The minimum Gasteiger partial charge on any atom is -0.381 e. The van der Waals surface area contributed by atoms with Crippen LogP contribution in [-0.2, 0) is 11.3 Å². The van der Waals surface area contributed by atoms with Gasteiger partial charge in [-0.15, -0.1) is 0 Å². The second-order valence-corrected chi connectivity index (χ2v) is 6.10. The standard InChI is InChI=1S/C14H16IN3O/c15-13-3-1-2-12(8-13)14-16-10-18(17-14)9-11-4-6-19-7-5-11/h1-3,8,10-11H,4-7,9H2. The molecule has 2 heterocycles. The lowest BCUT2D eigenvalue weighted by molar-refractivity contribution is 0.0601. The molecule has 1 saturated heterocycles. The van der Waals surface area contributed by atoms with Crippen LogP contribution in [0.15, 0.2) is 30.6 Å². The molecule has 1 aromatic heterocycles. The average Bonchev–Trinajstić information content (AvgIpc) is 2.88. The number of halogens is 1. The molecule has 3 rings (SSSR count). The summed E-state index contributed by atoms with van der Waals surface area (Å²) in [7, 11) is 0. The zero-order valence-electron chi connectivity index (χ0n) is 10.6. The number of rotatable bonds is 3. The number of hydrogen-bond donors (Lipinski definition) is 0. The molecular weight excluding hydrogens is 353 g/mol. The van der Waals surface area contributed by atoms with Gasteiger partial charge in [0.2, 0.25) is 0 Å². The summed E-state index contributed by atoms with van der Waals surface area (Å²) in [5, 5.41) is 4.58. The Morgan fingerprint density at radius 3 is 2.95 bits per heavy atom. The average molecular weight is 369 g/mol. The maximum absolute atomic E-state index is 5.38. The molecule has 1 aliphatic rings. The van der Waals surface area contributed by atoms with Crippen molar-refractivity contribution in [2.75, 3.05) is 13.2 Å². The van der Waals surface area contributed by atoms with Crippen LogP contribution in [0.1, 0.15) is 12.8 Å². The molecule has 100 valence electrons. The van der Waals surface area contributed by atoms with E-state index in [-0.39, 0.29) is 0 Å². The third-order valence-corrected chi connectivity index (χ3v) is 4.08. The van der Waals surface area contributed by atoms with Crippen molar-refractivity contribution < 1.29 is 4.74 Å². The van der Waals surface area contributed by atoms with Gasteiger partial charge in [-0.2, -0.15) is 5.10 Å². The van der Waals surface area contributed by atoms with Crippen LogP contribution >= 0.6 is 22.6 Å². The van der Waals surface area contributed by atoms with E-state index in [4.69, 9.17) is 4.74 Å². The number of nitrogens with zero attached hydrogens (tertiary/aromatic N) is 3. The molecule has 0 spiro atoms. The van der Waals surface area contributed by atoms with E-state index in [2.05, 4.69) is 50.9 Å². The van der Waals surface area contributed by atoms with E-state index in [1.807, 2.05) is 17.1 Å². The van der Waals surface area contributed by atoms with Crippen molar-refractivity contribution in [1.82, 2.24) is 14.8 Å². The first-order valence-corrected chi connectivity index (χ1v) is 7.62. The lowest BCUT2D eigenvalue weighted by atomic mass is 10.0. The molecular formula is C14H16IN3O. The van der Waals surface area contributed by atoms with E-state index in [1.165, 1.54) is 3.57 Å². The highest BCUT2D eigenvalue weighted by atomic mass is 127. The third kappa shape index (κ3) is 3.33. The quantitative estimate of drug-likeness (QED) is 0.781. The summed E-state index contributed by atoms with van der Waals surface area (Å²) < 4.78 is 8.55. The molecule has 5 heteroatoms. The summed E-state index contributed by atoms with van der Waals surface area (Å²) in [6.45, 7) is 2.70. The fourth-order valence-electron chi connectivity index (χ4n) is 2.34. The first-order valence-electron chi connectivity index (χ1n) is 6.54. The predicted molar refractivity (Wildman–Crippen MR) is 81.7 cm³/mol. The van der Waals surface area contributed by atoms with Gasteiger partial charge in [-0.25, -0.2) is 4.98 Å². The van der Waals surface area contributed by atoms with Gasteiger partial charge < -0.3 is 4.74 Å². The molecule has 0 bridgehead atoms. The van der Waals surface area contributed by atoms with Gasteiger partial charge in [0.15, 0.2) is 5.82 Å². The number of benzene rings is 1. The maximum Gasteiger partial charge on any atom is 0.181 e. The molecule has 0 radical (unpaired) electrons. The molecule has 1 aromatic carbocycles. The molecule has 19 heavy (non-hydrogen) atoms. The zero-order valence-corrected chi connectivity index (χ0v) is 12.8. The van der Waals surface area contributed by atoms with Gasteiger partial charge in [0, 0.05) is 28.9 Å². The Labute approximate surface area is 126 Å². The second kappa shape index (κ2) is 6.00. The van der Waals surface area contributed by atoms with Crippen LogP contribution < -0.4 is 0 Å². The monoisotopic (exact) mass is 369 g/mol. The molecule has 0 aliphatic carbocycles. The van der Waals surface area contributed by atoms with Crippen LogP contribution in [0.5, 0.6) is 0 Å². The Kier molecular flexibility index (Phi) is 4.12. The van der Waals surface area contributed by atoms with Crippen LogP contribution in [0.3, 0.4) is 0 Å². The van der Waals surface area contributed by atoms with Crippen molar-refractivity contribution in [3.8, 4) is 11.4 Å². The molecule has 0 amide bonds. The largest absolute Gasteiger partial charge is 0.381 e. The maximum atomic E-state index is 5.38. The van der Waals surface area contributed by atoms with Crippen molar-refractivity contribution in [3.05, 3.63) is 34.2 Å². The highest BCUT2D eigenvalue weighted by molar-refractivity contribution is 14.1. The van der Waals surface area contributed by atoms with Crippen molar-refractivity contribution in [3.63, 3.8) is 0 Å². The lowest BCUT2D eigenvalue weighted by Gasteiger charge is -2.21. The van der Waals surface area contributed by atoms with E-state index in [1.54, 1.807) is 0 Å². The number of aromatic nitrogens is 3. The van der Waals surface area contributed by atoms with Gasteiger partial charge in [-0.1, -0.05) is 12.1 Å². The normalized spacial score (nSPS) is 16.7. The topological polar surface area (TPSA) is 39.9 Å². The summed E-state index contributed by atoms with van der Waals surface area (Å²) in [6, 6.07) is 8.27. The van der Waals surface area contributed by atoms with E-state index < -0.39 is 0 Å². The number of ether oxygens (including phenoxy) is 1. The highest BCUT2D eigenvalue weighted by Crippen LogP contribution is 2.19. The van der Waals surface area contributed by atoms with Gasteiger partial charge in [0.05, 0.1) is 0 Å². The van der Waals surface area contributed by atoms with Crippen LogP contribution in [0.2, 0.25) is 0 Å². The van der Waals surface area contributed by atoms with Crippen LogP contribution in [0.25, 0.3) is 11.4 Å². The van der Waals surface area contributed by atoms with E-state index in [0.29, 0.717) is 5.92 Å². The van der Waals surface area contributed by atoms with Gasteiger partial charge in [0.25, 0.3) is 0 Å². The molecule has 4 nitrogen and oxygen atoms in total.